The number of ether oxygens (including phenoxy) is 2. The highest BCUT2D eigenvalue weighted by atomic mass is 16.5. The molecule has 1 aliphatic rings. The van der Waals surface area contributed by atoms with Gasteiger partial charge in [-0.25, -0.2) is 0 Å². The fourth-order valence-electron chi connectivity index (χ4n) is 1.96. The van der Waals surface area contributed by atoms with Crippen molar-refractivity contribution in [3.63, 3.8) is 0 Å². The molecule has 1 saturated heterocycles. The Morgan fingerprint density at radius 1 is 1.35 bits per heavy atom. The standard InChI is InChI=1S/C13H25N3O4/c1-12(17)16(11-13(18)14-3-8-19-2)5-4-15-6-9-20-10-7-15/h3-11H2,1-2H3,(H,14,18). The van der Waals surface area contributed by atoms with Crippen molar-refractivity contribution in [2.45, 2.75) is 6.92 Å². The molecule has 0 bridgehead atoms. The number of rotatable bonds is 8. The number of carbonyl (C=O) groups is 2. The molecule has 1 aliphatic heterocycles. The lowest BCUT2D eigenvalue weighted by Crippen LogP contribution is -2.46. The van der Waals surface area contributed by atoms with Gasteiger partial charge in [0.2, 0.25) is 11.8 Å². The van der Waals surface area contributed by atoms with Crippen molar-refractivity contribution in [1.82, 2.24) is 15.1 Å². The van der Waals surface area contributed by atoms with Crippen LogP contribution in [0.2, 0.25) is 0 Å². The number of methoxy groups -OCH3 is 1. The van der Waals surface area contributed by atoms with Gasteiger partial charge in [-0.15, -0.1) is 0 Å². The summed E-state index contributed by atoms with van der Waals surface area (Å²) in [5.41, 5.74) is 0. The summed E-state index contributed by atoms with van der Waals surface area (Å²) < 4.78 is 10.1. The van der Waals surface area contributed by atoms with E-state index in [0.717, 1.165) is 32.8 Å². The van der Waals surface area contributed by atoms with E-state index in [4.69, 9.17) is 9.47 Å². The van der Waals surface area contributed by atoms with Gasteiger partial charge in [0.05, 0.1) is 26.4 Å². The molecule has 0 unspecified atom stereocenters. The van der Waals surface area contributed by atoms with E-state index < -0.39 is 0 Å². The van der Waals surface area contributed by atoms with Gasteiger partial charge in [-0.3, -0.25) is 14.5 Å². The lowest BCUT2D eigenvalue weighted by atomic mass is 10.3. The minimum absolute atomic E-state index is 0.0832. The molecule has 0 radical (unpaired) electrons. The van der Waals surface area contributed by atoms with Gasteiger partial charge in [-0.05, 0) is 0 Å². The normalized spacial score (nSPS) is 15.9. The van der Waals surface area contributed by atoms with Gasteiger partial charge >= 0.3 is 0 Å². The number of morpholine rings is 1. The van der Waals surface area contributed by atoms with Crippen molar-refractivity contribution in [2.24, 2.45) is 0 Å². The van der Waals surface area contributed by atoms with E-state index in [-0.39, 0.29) is 18.4 Å². The number of nitrogens with zero attached hydrogens (tertiary/aromatic N) is 2. The quantitative estimate of drug-likeness (QED) is 0.576. The Labute approximate surface area is 120 Å². The van der Waals surface area contributed by atoms with E-state index in [1.165, 1.54) is 6.92 Å². The zero-order chi connectivity index (χ0) is 14.8. The summed E-state index contributed by atoms with van der Waals surface area (Å²) >= 11 is 0. The third-order valence-electron chi connectivity index (χ3n) is 3.20. The van der Waals surface area contributed by atoms with Gasteiger partial charge in [0.1, 0.15) is 0 Å². The van der Waals surface area contributed by atoms with Crippen LogP contribution in [0.15, 0.2) is 0 Å². The molecule has 0 saturated carbocycles. The first-order valence-electron chi connectivity index (χ1n) is 6.94. The van der Waals surface area contributed by atoms with Gasteiger partial charge in [-0.2, -0.15) is 0 Å². The first kappa shape index (κ1) is 16.9. The highest BCUT2D eigenvalue weighted by Gasteiger charge is 2.16. The SMILES string of the molecule is COCCNC(=O)CN(CCN1CCOCC1)C(C)=O. The summed E-state index contributed by atoms with van der Waals surface area (Å²) in [6, 6.07) is 0. The van der Waals surface area contributed by atoms with Crippen LogP contribution in [-0.2, 0) is 19.1 Å². The summed E-state index contributed by atoms with van der Waals surface area (Å²) in [5, 5.41) is 2.72. The summed E-state index contributed by atoms with van der Waals surface area (Å²) in [4.78, 5) is 27.1. The van der Waals surface area contributed by atoms with Gasteiger partial charge in [0, 0.05) is 46.8 Å². The van der Waals surface area contributed by atoms with Crippen molar-refractivity contribution in [1.29, 1.82) is 0 Å². The number of hydrogen-bond donors (Lipinski definition) is 1. The Kier molecular flexibility index (Phi) is 8.17. The lowest BCUT2D eigenvalue weighted by Gasteiger charge is -2.29. The van der Waals surface area contributed by atoms with Crippen LogP contribution < -0.4 is 5.32 Å². The fraction of sp³-hybridized carbons (Fsp3) is 0.846. The highest BCUT2D eigenvalue weighted by Crippen LogP contribution is 1.98. The van der Waals surface area contributed by atoms with Crippen LogP contribution in [0.25, 0.3) is 0 Å². The van der Waals surface area contributed by atoms with Crippen LogP contribution in [0, 0.1) is 0 Å². The molecule has 116 valence electrons. The van der Waals surface area contributed by atoms with Gasteiger partial charge in [-0.1, -0.05) is 0 Å². The van der Waals surface area contributed by atoms with Crippen LogP contribution >= 0.6 is 0 Å². The number of nitrogens with one attached hydrogen (secondary N) is 1. The highest BCUT2D eigenvalue weighted by molar-refractivity contribution is 5.83. The molecular weight excluding hydrogens is 262 g/mol. The van der Waals surface area contributed by atoms with E-state index in [1.807, 2.05) is 0 Å². The van der Waals surface area contributed by atoms with Crippen LogP contribution in [0.3, 0.4) is 0 Å². The minimum Gasteiger partial charge on any atom is -0.383 e. The van der Waals surface area contributed by atoms with Gasteiger partial charge in [0.25, 0.3) is 0 Å². The van der Waals surface area contributed by atoms with Crippen molar-refractivity contribution in [2.75, 3.05) is 66.2 Å². The summed E-state index contributed by atoms with van der Waals surface area (Å²) in [6.07, 6.45) is 0. The maximum absolute atomic E-state index is 11.7. The average molecular weight is 287 g/mol. The summed E-state index contributed by atoms with van der Waals surface area (Å²) in [6.45, 7) is 7.09. The molecule has 20 heavy (non-hydrogen) atoms. The topological polar surface area (TPSA) is 71.1 Å². The summed E-state index contributed by atoms with van der Waals surface area (Å²) in [7, 11) is 1.58. The van der Waals surface area contributed by atoms with Crippen LogP contribution in [-0.4, -0.2) is 87.8 Å². The summed E-state index contributed by atoms with van der Waals surface area (Å²) in [5.74, 6) is -0.237. The van der Waals surface area contributed by atoms with Crippen LogP contribution in [0.5, 0.6) is 0 Å². The van der Waals surface area contributed by atoms with E-state index in [0.29, 0.717) is 19.7 Å². The third-order valence-corrected chi connectivity index (χ3v) is 3.20. The Morgan fingerprint density at radius 3 is 2.65 bits per heavy atom. The molecule has 7 nitrogen and oxygen atoms in total. The minimum atomic E-state index is -0.153. The molecular formula is C13H25N3O4. The average Bonchev–Trinajstić information content (AvgIpc) is 2.44. The number of hydrogen-bond acceptors (Lipinski definition) is 5. The smallest absolute Gasteiger partial charge is 0.239 e. The Balaban J connectivity index is 2.28. The Bertz CT molecular complexity index is 306. The molecule has 1 fully saturated rings. The number of amides is 2. The predicted molar refractivity (Wildman–Crippen MR) is 74.4 cm³/mol. The second-order valence-corrected chi connectivity index (χ2v) is 4.74. The molecule has 0 atom stereocenters. The van der Waals surface area contributed by atoms with Gasteiger partial charge in [0.15, 0.2) is 0 Å². The molecule has 1 N–H and O–H groups in total. The molecule has 0 aliphatic carbocycles. The molecule has 0 aromatic rings. The maximum Gasteiger partial charge on any atom is 0.239 e. The van der Waals surface area contributed by atoms with E-state index >= 15 is 0 Å². The molecule has 0 aromatic heterocycles. The second kappa shape index (κ2) is 9.68. The Hall–Kier alpha value is -1.18. The fourth-order valence-corrected chi connectivity index (χ4v) is 1.96. The van der Waals surface area contributed by atoms with Crippen LogP contribution in [0.1, 0.15) is 6.92 Å². The predicted octanol–water partition coefficient (Wildman–Crippen LogP) is -1.07. The van der Waals surface area contributed by atoms with Gasteiger partial charge < -0.3 is 19.7 Å². The Morgan fingerprint density at radius 2 is 2.05 bits per heavy atom. The zero-order valence-electron chi connectivity index (χ0n) is 12.4. The van der Waals surface area contributed by atoms with E-state index in [1.54, 1.807) is 12.0 Å². The molecule has 2 amide bonds. The largest absolute Gasteiger partial charge is 0.383 e. The monoisotopic (exact) mass is 287 g/mol. The van der Waals surface area contributed by atoms with E-state index in [9.17, 15) is 9.59 Å². The maximum atomic E-state index is 11.7. The molecule has 0 aromatic carbocycles. The zero-order valence-corrected chi connectivity index (χ0v) is 12.4. The number of carbonyl (C=O) groups excluding carboxylic acids is 2. The van der Waals surface area contributed by atoms with Crippen molar-refractivity contribution >= 4 is 11.8 Å². The third kappa shape index (κ3) is 6.83. The first-order valence-corrected chi connectivity index (χ1v) is 6.94. The molecule has 1 rings (SSSR count). The van der Waals surface area contributed by atoms with Crippen molar-refractivity contribution in [3.05, 3.63) is 0 Å². The van der Waals surface area contributed by atoms with Crippen molar-refractivity contribution in [3.8, 4) is 0 Å². The lowest BCUT2D eigenvalue weighted by molar-refractivity contribution is -0.134. The molecule has 0 spiro atoms. The van der Waals surface area contributed by atoms with Crippen LogP contribution in [0.4, 0.5) is 0 Å². The molecule has 7 heteroatoms. The van der Waals surface area contributed by atoms with Crippen molar-refractivity contribution < 1.29 is 19.1 Å². The first-order chi connectivity index (χ1) is 9.63. The molecule has 1 heterocycles. The second-order valence-electron chi connectivity index (χ2n) is 4.74. The van der Waals surface area contributed by atoms with E-state index in [2.05, 4.69) is 10.2 Å².